The zero-order valence-corrected chi connectivity index (χ0v) is 15.2. The highest BCUT2D eigenvalue weighted by molar-refractivity contribution is 7.89. The predicted molar refractivity (Wildman–Crippen MR) is 96.8 cm³/mol. The van der Waals surface area contributed by atoms with Gasteiger partial charge in [0, 0.05) is 13.6 Å². The van der Waals surface area contributed by atoms with Crippen LogP contribution in [0.2, 0.25) is 0 Å². The van der Waals surface area contributed by atoms with Gasteiger partial charge in [0.1, 0.15) is 4.90 Å². The maximum absolute atomic E-state index is 12.6. The Labute approximate surface area is 147 Å². The Kier molecular flexibility index (Phi) is 4.64. The van der Waals surface area contributed by atoms with Crippen molar-refractivity contribution in [2.24, 2.45) is 7.05 Å². The molecular formula is C18H21N3O3S. The number of aliphatic hydroxyl groups is 1. The van der Waals surface area contributed by atoms with Gasteiger partial charge < -0.3 is 5.11 Å². The Morgan fingerprint density at radius 3 is 2.52 bits per heavy atom. The van der Waals surface area contributed by atoms with Crippen LogP contribution in [-0.2, 0) is 17.1 Å². The summed E-state index contributed by atoms with van der Waals surface area (Å²) in [4.78, 5) is 0.167. The minimum Gasteiger partial charge on any atom is -0.387 e. The van der Waals surface area contributed by atoms with Gasteiger partial charge in [0.05, 0.1) is 17.5 Å². The maximum atomic E-state index is 12.6. The lowest BCUT2D eigenvalue weighted by atomic mass is 10.0. The molecule has 0 aliphatic heterocycles. The van der Waals surface area contributed by atoms with Crippen molar-refractivity contribution < 1.29 is 13.5 Å². The summed E-state index contributed by atoms with van der Waals surface area (Å²) in [7, 11) is -2.05. The van der Waals surface area contributed by atoms with Crippen LogP contribution >= 0.6 is 0 Å². The molecule has 6 nitrogen and oxygen atoms in total. The fraction of sp³-hybridized carbons (Fsp3) is 0.278. The van der Waals surface area contributed by atoms with Crippen LogP contribution in [-0.4, -0.2) is 29.8 Å². The van der Waals surface area contributed by atoms with E-state index in [0.29, 0.717) is 17.0 Å². The van der Waals surface area contributed by atoms with Crippen LogP contribution < -0.4 is 4.72 Å². The molecular weight excluding hydrogens is 338 g/mol. The molecule has 0 aliphatic carbocycles. The predicted octanol–water partition coefficient (Wildman–Crippen LogP) is 2.20. The van der Waals surface area contributed by atoms with Crippen LogP contribution in [0.25, 0.3) is 10.8 Å². The van der Waals surface area contributed by atoms with E-state index in [0.717, 1.165) is 10.8 Å². The molecule has 0 bridgehead atoms. The van der Waals surface area contributed by atoms with Gasteiger partial charge in [-0.3, -0.25) is 4.68 Å². The van der Waals surface area contributed by atoms with E-state index >= 15 is 0 Å². The number of fused-ring (bicyclic) bond motifs is 1. The van der Waals surface area contributed by atoms with Gasteiger partial charge >= 0.3 is 0 Å². The third kappa shape index (κ3) is 3.30. The van der Waals surface area contributed by atoms with Crippen LogP contribution in [0.15, 0.2) is 47.4 Å². The van der Waals surface area contributed by atoms with Crippen LogP contribution in [0, 0.1) is 13.8 Å². The van der Waals surface area contributed by atoms with E-state index in [9.17, 15) is 13.5 Å². The molecule has 3 aromatic rings. The molecule has 0 radical (unpaired) electrons. The lowest BCUT2D eigenvalue weighted by Crippen LogP contribution is -2.29. The number of nitrogens with one attached hydrogen (secondary N) is 1. The second-order valence-electron chi connectivity index (χ2n) is 6.06. The number of benzene rings is 2. The first kappa shape index (κ1) is 17.6. The van der Waals surface area contributed by atoms with E-state index in [1.807, 2.05) is 42.5 Å². The van der Waals surface area contributed by atoms with Crippen molar-refractivity contribution in [3.63, 3.8) is 0 Å². The molecule has 1 heterocycles. The van der Waals surface area contributed by atoms with Crippen molar-refractivity contribution >= 4 is 20.8 Å². The van der Waals surface area contributed by atoms with Gasteiger partial charge in [0.15, 0.2) is 0 Å². The molecule has 3 rings (SSSR count). The summed E-state index contributed by atoms with van der Waals surface area (Å²) in [6.07, 6.45) is -0.946. The van der Waals surface area contributed by atoms with Crippen LogP contribution in [0.5, 0.6) is 0 Å². The van der Waals surface area contributed by atoms with E-state index in [2.05, 4.69) is 9.82 Å². The number of aliphatic hydroxyl groups excluding tert-OH is 1. The van der Waals surface area contributed by atoms with Crippen molar-refractivity contribution in [3.05, 3.63) is 59.4 Å². The summed E-state index contributed by atoms with van der Waals surface area (Å²) in [5.74, 6) is 0. The number of rotatable bonds is 5. The molecule has 1 atom stereocenters. The van der Waals surface area contributed by atoms with E-state index in [1.165, 1.54) is 4.68 Å². The zero-order chi connectivity index (χ0) is 18.2. The summed E-state index contributed by atoms with van der Waals surface area (Å²) in [6.45, 7) is 3.25. The third-order valence-corrected chi connectivity index (χ3v) is 6.04. The van der Waals surface area contributed by atoms with Crippen molar-refractivity contribution in [2.75, 3.05) is 6.54 Å². The van der Waals surface area contributed by atoms with Gasteiger partial charge in [0.25, 0.3) is 0 Å². The van der Waals surface area contributed by atoms with Gasteiger partial charge in [-0.1, -0.05) is 42.5 Å². The monoisotopic (exact) mass is 359 g/mol. The van der Waals surface area contributed by atoms with Gasteiger partial charge in [-0.2, -0.15) is 5.10 Å². The van der Waals surface area contributed by atoms with Gasteiger partial charge in [-0.05, 0) is 30.2 Å². The molecule has 7 heteroatoms. The Morgan fingerprint density at radius 1 is 1.16 bits per heavy atom. The molecule has 0 aliphatic rings. The molecule has 2 aromatic carbocycles. The highest BCUT2D eigenvalue weighted by Crippen LogP contribution is 2.25. The van der Waals surface area contributed by atoms with Crippen molar-refractivity contribution in [2.45, 2.75) is 24.8 Å². The average Bonchev–Trinajstić information content (AvgIpc) is 2.85. The fourth-order valence-electron chi connectivity index (χ4n) is 3.05. The standard InChI is InChI=1S/C18H21N3O3S/c1-12-18(13(2)21(3)20-12)25(23,24)19-11-17(22)16-10-6-8-14-7-4-5-9-15(14)16/h4-10,17,19,22H,11H2,1-3H3. The van der Waals surface area contributed by atoms with Gasteiger partial charge in [-0.25, -0.2) is 13.1 Å². The summed E-state index contributed by atoms with van der Waals surface area (Å²) in [5.41, 5.74) is 1.69. The minimum atomic E-state index is -3.75. The smallest absolute Gasteiger partial charge is 0.244 e. The Hall–Kier alpha value is -2.22. The number of sulfonamides is 1. The lowest BCUT2D eigenvalue weighted by Gasteiger charge is -2.15. The SMILES string of the molecule is Cc1nn(C)c(C)c1S(=O)(=O)NCC(O)c1cccc2ccccc12. The van der Waals surface area contributed by atoms with Crippen molar-refractivity contribution in [3.8, 4) is 0 Å². The van der Waals surface area contributed by atoms with Gasteiger partial charge in [-0.15, -0.1) is 0 Å². The normalized spacial score (nSPS) is 13.3. The first-order valence-corrected chi connectivity index (χ1v) is 9.45. The Morgan fingerprint density at radius 2 is 1.84 bits per heavy atom. The van der Waals surface area contributed by atoms with Crippen molar-refractivity contribution in [1.82, 2.24) is 14.5 Å². The average molecular weight is 359 g/mol. The van der Waals surface area contributed by atoms with Gasteiger partial charge in [0.2, 0.25) is 10.0 Å². The van der Waals surface area contributed by atoms with Crippen LogP contribution in [0.3, 0.4) is 0 Å². The van der Waals surface area contributed by atoms with E-state index in [1.54, 1.807) is 20.9 Å². The van der Waals surface area contributed by atoms with Crippen molar-refractivity contribution in [1.29, 1.82) is 0 Å². The maximum Gasteiger partial charge on any atom is 0.244 e. The van der Waals surface area contributed by atoms with E-state index in [4.69, 9.17) is 0 Å². The molecule has 25 heavy (non-hydrogen) atoms. The second-order valence-corrected chi connectivity index (χ2v) is 7.76. The topological polar surface area (TPSA) is 84.2 Å². The first-order chi connectivity index (χ1) is 11.8. The Bertz CT molecular complexity index is 1020. The highest BCUT2D eigenvalue weighted by Gasteiger charge is 2.24. The molecule has 0 amide bonds. The first-order valence-electron chi connectivity index (χ1n) is 7.97. The number of hydrogen-bond acceptors (Lipinski definition) is 4. The van der Waals surface area contributed by atoms with Crippen LogP contribution in [0.1, 0.15) is 23.1 Å². The number of aryl methyl sites for hydroxylation is 2. The lowest BCUT2D eigenvalue weighted by molar-refractivity contribution is 0.183. The quantitative estimate of drug-likeness (QED) is 0.731. The van der Waals surface area contributed by atoms with E-state index in [-0.39, 0.29) is 11.4 Å². The Balaban J connectivity index is 1.85. The molecule has 0 saturated heterocycles. The van der Waals surface area contributed by atoms with Crippen LogP contribution in [0.4, 0.5) is 0 Å². The fourth-order valence-corrected chi connectivity index (χ4v) is 4.53. The third-order valence-electron chi connectivity index (χ3n) is 4.36. The summed E-state index contributed by atoms with van der Waals surface area (Å²) in [5, 5.41) is 16.6. The number of hydrogen-bond donors (Lipinski definition) is 2. The summed E-state index contributed by atoms with van der Waals surface area (Å²) >= 11 is 0. The molecule has 0 fully saturated rings. The number of aromatic nitrogens is 2. The summed E-state index contributed by atoms with van der Waals surface area (Å²) < 4.78 is 29.3. The molecule has 1 unspecified atom stereocenters. The number of nitrogens with zero attached hydrogens (tertiary/aromatic N) is 2. The molecule has 132 valence electrons. The molecule has 2 N–H and O–H groups in total. The zero-order valence-electron chi connectivity index (χ0n) is 14.4. The molecule has 0 spiro atoms. The highest BCUT2D eigenvalue weighted by atomic mass is 32.2. The second kappa shape index (κ2) is 6.59. The largest absolute Gasteiger partial charge is 0.387 e. The van der Waals surface area contributed by atoms with E-state index < -0.39 is 16.1 Å². The molecule has 1 aromatic heterocycles. The molecule has 0 saturated carbocycles. The minimum absolute atomic E-state index is 0.107. The summed E-state index contributed by atoms with van der Waals surface area (Å²) in [6, 6.07) is 13.3.